The van der Waals surface area contributed by atoms with Gasteiger partial charge >= 0.3 is 5.97 Å². The molecule has 118 valence electrons. The fraction of sp³-hybridized carbons (Fsp3) is 0.375. The van der Waals surface area contributed by atoms with Crippen LogP contribution in [-0.2, 0) is 9.53 Å². The molecule has 2 N–H and O–H groups in total. The molecule has 0 spiro atoms. The van der Waals surface area contributed by atoms with Crippen molar-refractivity contribution in [2.45, 2.75) is 26.8 Å². The molecule has 22 heavy (non-hydrogen) atoms. The van der Waals surface area contributed by atoms with Crippen LogP contribution in [0.25, 0.3) is 0 Å². The highest BCUT2D eigenvalue weighted by molar-refractivity contribution is 7.80. The average molecular weight is 320 g/mol. The van der Waals surface area contributed by atoms with Crippen molar-refractivity contribution in [1.82, 2.24) is 10.6 Å². The summed E-state index contributed by atoms with van der Waals surface area (Å²) in [5.74, 6) is 0.404. The van der Waals surface area contributed by atoms with Gasteiger partial charge < -0.3 is 20.1 Å². The van der Waals surface area contributed by atoms with E-state index in [4.69, 9.17) is 21.7 Å². The maximum absolute atomic E-state index is 12.3. The average Bonchev–Trinajstić information content (AvgIpc) is 2.47. The van der Waals surface area contributed by atoms with E-state index in [1.54, 1.807) is 6.92 Å². The summed E-state index contributed by atoms with van der Waals surface area (Å²) in [6, 6.07) is 7.26. The molecule has 5 nitrogen and oxygen atoms in total. The summed E-state index contributed by atoms with van der Waals surface area (Å²) in [5, 5.41) is 6.59. The number of carbonyl (C=O) groups is 1. The quantitative estimate of drug-likeness (QED) is 0.642. The van der Waals surface area contributed by atoms with Gasteiger partial charge in [0.25, 0.3) is 0 Å². The summed E-state index contributed by atoms with van der Waals surface area (Å²) in [6.07, 6.45) is 0. The minimum absolute atomic E-state index is 0.325. The summed E-state index contributed by atoms with van der Waals surface area (Å²) in [6.45, 7) is 6.44. The van der Waals surface area contributed by atoms with E-state index in [0.717, 1.165) is 11.3 Å². The Kier molecular flexibility index (Phi) is 5.38. The Morgan fingerprint density at radius 3 is 2.77 bits per heavy atom. The van der Waals surface area contributed by atoms with Gasteiger partial charge in [0.05, 0.1) is 24.8 Å². The molecule has 0 saturated heterocycles. The summed E-state index contributed by atoms with van der Waals surface area (Å²) in [5.41, 5.74) is 2.13. The number of thiocarbonyl (C=S) groups is 1. The van der Waals surface area contributed by atoms with Crippen molar-refractivity contribution < 1.29 is 14.3 Å². The molecule has 0 radical (unpaired) electrons. The number of ether oxygens (including phenoxy) is 2. The lowest BCUT2D eigenvalue weighted by atomic mass is 9.95. The number of hydrogen-bond donors (Lipinski definition) is 2. The van der Waals surface area contributed by atoms with Gasteiger partial charge in [-0.25, -0.2) is 4.79 Å². The van der Waals surface area contributed by atoms with Crippen LogP contribution >= 0.6 is 12.2 Å². The second kappa shape index (κ2) is 7.26. The zero-order chi connectivity index (χ0) is 16.1. The van der Waals surface area contributed by atoms with E-state index >= 15 is 0 Å². The van der Waals surface area contributed by atoms with Crippen LogP contribution in [0.4, 0.5) is 0 Å². The molecule has 1 heterocycles. The van der Waals surface area contributed by atoms with E-state index in [0.29, 0.717) is 29.6 Å². The summed E-state index contributed by atoms with van der Waals surface area (Å²) >= 11 is 5.21. The van der Waals surface area contributed by atoms with Gasteiger partial charge in [-0.1, -0.05) is 12.1 Å². The highest BCUT2D eigenvalue weighted by Gasteiger charge is 2.30. The second-order valence-corrected chi connectivity index (χ2v) is 5.20. The molecule has 1 aromatic rings. The standard InChI is InChI=1S/C16H20N2O3S/c1-4-20-12-8-6-7-11(9-12)14-13(15(19)21-5-2)10(3)17-16(22)18-14/h6-9,14H,4-5H2,1-3H3,(H2,17,18,22)/t14-/m0/s1. The van der Waals surface area contributed by atoms with Crippen LogP contribution in [0.5, 0.6) is 5.75 Å². The molecule has 6 heteroatoms. The van der Waals surface area contributed by atoms with Crippen LogP contribution in [0.1, 0.15) is 32.4 Å². The molecular weight excluding hydrogens is 300 g/mol. The molecule has 0 bridgehead atoms. The highest BCUT2D eigenvalue weighted by atomic mass is 32.1. The second-order valence-electron chi connectivity index (χ2n) is 4.80. The Balaban J connectivity index is 2.41. The molecule has 1 aliphatic rings. The summed E-state index contributed by atoms with van der Waals surface area (Å²) < 4.78 is 10.7. The molecule has 2 rings (SSSR count). The minimum atomic E-state index is -0.354. The Morgan fingerprint density at radius 2 is 2.09 bits per heavy atom. The van der Waals surface area contributed by atoms with Crippen molar-refractivity contribution in [3.8, 4) is 5.75 Å². The number of carbonyl (C=O) groups excluding carboxylic acids is 1. The van der Waals surface area contributed by atoms with Crippen LogP contribution in [0.15, 0.2) is 35.5 Å². The first-order chi connectivity index (χ1) is 10.6. The third kappa shape index (κ3) is 3.57. The first-order valence-corrected chi connectivity index (χ1v) is 7.65. The van der Waals surface area contributed by atoms with Gasteiger partial charge in [0.15, 0.2) is 5.11 Å². The minimum Gasteiger partial charge on any atom is -0.494 e. The summed E-state index contributed by atoms with van der Waals surface area (Å²) in [4.78, 5) is 12.3. The van der Waals surface area contributed by atoms with Gasteiger partial charge in [-0.3, -0.25) is 0 Å². The fourth-order valence-corrected chi connectivity index (χ4v) is 2.64. The molecule has 0 unspecified atom stereocenters. The normalized spacial score (nSPS) is 17.6. The van der Waals surface area contributed by atoms with Crippen molar-refractivity contribution in [2.75, 3.05) is 13.2 Å². The van der Waals surface area contributed by atoms with Gasteiger partial charge in [-0.2, -0.15) is 0 Å². The molecular formula is C16H20N2O3S. The predicted octanol–water partition coefficient (Wildman–Crippen LogP) is 2.44. The third-order valence-electron chi connectivity index (χ3n) is 3.27. The molecule has 0 aromatic heterocycles. The number of hydrogen-bond acceptors (Lipinski definition) is 4. The van der Waals surface area contributed by atoms with Crippen LogP contribution < -0.4 is 15.4 Å². The first kappa shape index (κ1) is 16.3. The Hall–Kier alpha value is -2.08. The lowest BCUT2D eigenvalue weighted by molar-refractivity contribution is -0.139. The highest BCUT2D eigenvalue weighted by Crippen LogP contribution is 2.29. The maximum Gasteiger partial charge on any atom is 0.338 e. The molecule has 1 aromatic carbocycles. The fourth-order valence-electron chi connectivity index (χ4n) is 2.37. The van der Waals surface area contributed by atoms with Gasteiger partial charge in [0.1, 0.15) is 5.75 Å². The van der Waals surface area contributed by atoms with Crippen molar-refractivity contribution in [3.63, 3.8) is 0 Å². The summed E-state index contributed by atoms with van der Waals surface area (Å²) in [7, 11) is 0. The number of allylic oxidation sites excluding steroid dienone is 1. The number of esters is 1. The third-order valence-corrected chi connectivity index (χ3v) is 3.49. The molecule has 0 saturated carbocycles. The molecule has 0 fully saturated rings. The zero-order valence-corrected chi connectivity index (χ0v) is 13.8. The van der Waals surface area contributed by atoms with Crippen LogP contribution in [0.3, 0.4) is 0 Å². The van der Waals surface area contributed by atoms with Gasteiger partial charge in [0.2, 0.25) is 0 Å². The number of rotatable bonds is 5. The van der Waals surface area contributed by atoms with Gasteiger partial charge in [-0.15, -0.1) is 0 Å². The molecule has 0 aliphatic carbocycles. The van der Waals surface area contributed by atoms with E-state index in [1.165, 1.54) is 0 Å². The Morgan fingerprint density at radius 1 is 1.32 bits per heavy atom. The maximum atomic E-state index is 12.3. The predicted molar refractivity (Wildman–Crippen MR) is 88.6 cm³/mol. The first-order valence-electron chi connectivity index (χ1n) is 7.25. The SMILES string of the molecule is CCOC(=O)C1=C(C)NC(=S)N[C@H]1c1cccc(OCC)c1. The largest absolute Gasteiger partial charge is 0.494 e. The Bertz CT molecular complexity index is 613. The Labute approximate surface area is 135 Å². The monoisotopic (exact) mass is 320 g/mol. The van der Waals surface area contributed by atoms with E-state index in [-0.39, 0.29) is 12.0 Å². The van der Waals surface area contributed by atoms with Crippen LogP contribution in [0, 0.1) is 0 Å². The number of benzene rings is 1. The molecule has 1 atom stereocenters. The smallest absolute Gasteiger partial charge is 0.338 e. The lowest BCUT2D eigenvalue weighted by Gasteiger charge is -2.30. The van der Waals surface area contributed by atoms with E-state index in [1.807, 2.05) is 38.1 Å². The van der Waals surface area contributed by atoms with Crippen LogP contribution in [-0.4, -0.2) is 24.3 Å². The topological polar surface area (TPSA) is 59.6 Å². The van der Waals surface area contributed by atoms with E-state index < -0.39 is 0 Å². The lowest BCUT2D eigenvalue weighted by Crippen LogP contribution is -2.45. The molecule has 0 amide bonds. The van der Waals surface area contributed by atoms with Gasteiger partial charge in [-0.05, 0) is 50.7 Å². The van der Waals surface area contributed by atoms with Crippen molar-refractivity contribution in [1.29, 1.82) is 0 Å². The van der Waals surface area contributed by atoms with E-state index in [9.17, 15) is 4.79 Å². The van der Waals surface area contributed by atoms with Crippen molar-refractivity contribution >= 4 is 23.3 Å². The van der Waals surface area contributed by atoms with E-state index in [2.05, 4.69) is 10.6 Å². The molecule has 1 aliphatic heterocycles. The van der Waals surface area contributed by atoms with Crippen molar-refractivity contribution in [3.05, 3.63) is 41.1 Å². The van der Waals surface area contributed by atoms with Gasteiger partial charge in [0, 0.05) is 5.70 Å². The zero-order valence-electron chi connectivity index (χ0n) is 12.9. The van der Waals surface area contributed by atoms with Crippen molar-refractivity contribution in [2.24, 2.45) is 0 Å². The van der Waals surface area contributed by atoms with Crippen LogP contribution in [0.2, 0.25) is 0 Å². The number of nitrogens with one attached hydrogen (secondary N) is 2.